The number of hydrogen-bond donors (Lipinski definition) is 0. The summed E-state index contributed by atoms with van der Waals surface area (Å²) in [5.41, 5.74) is 0.673. The number of halogens is 2. The highest BCUT2D eigenvalue weighted by Crippen LogP contribution is 2.36. The molecule has 0 amide bonds. The number of hydrogen-bond acceptors (Lipinski definition) is 4. The average Bonchev–Trinajstić information content (AvgIpc) is 3.20. The van der Waals surface area contributed by atoms with E-state index in [-0.39, 0.29) is 5.75 Å². The first-order chi connectivity index (χ1) is 10.7. The molecule has 4 nitrogen and oxygen atoms in total. The molecule has 1 aliphatic rings. The van der Waals surface area contributed by atoms with Gasteiger partial charge >= 0.3 is 6.61 Å². The maximum absolute atomic E-state index is 12.5. The molecule has 6 heteroatoms. The lowest BCUT2D eigenvalue weighted by Crippen LogP contribution is -2.06. The fraction of sp³-hybridized carbons (Fsp3) is 0.438. The standard InChI is InChI=1S/C16H17F2NO3/c1-2-12-8-19-15(21-12)11-5-6-13(22-16(17)18)14(7-11)20-9-10-3-4-10/h5-8,10,16H,2-4,9H2,1H3. The summed E-state index contributed by atoms with van der Waals surface area (Å²) in [7, 11) is 0. The smallest absolute Gasteiger partial charge is 0.387 e. The van der Waals surface area contributed by atoms with Crippen LogP contribution in [-0.4, -0.2) is 18.2 Å². The number of benzene rings is 1. The zero-order chi connectivity index (χ0) is 15.5. The summed E-state index contributed by atoms with van der Waals surface area (Å²) in [6.45, 7) is -0.411. The first-order valence-electron chi connectivity index (χ1n) is 7.32. The SMILES string of the molecule is CCc1cnc(-c2ccc(OC(F)F)c(OCC3CC3)c2)o1. The van der Waals surface area contributed by atoms with Crippen molar-refractivity contribution >= 4 is 0 Å². The van der Waals surface area contributed by atoms with Gasteiger partial charge in [0.2, 0.25) is 5.89 Å². The summed E-state index contributed by atoms with van der Waals surface area (Å²) in [6, 6.07) is 4.72. The van der Waals surface area contributed by atoms with Gasteiger partial charge in [-0.05, 0) is 37.0 Å². The van der Waals surface area contributed by atoms with Crippen LogP contribution in [0.3, 0.4) is 0 Å². The van der Waals surface area contributed by atoms with E-state index < -0.39 is 6.61 Å². The molecule has 0 N–H and O–H groups in total. The fourth-order valence-electron chi connectivity index (χ4n) is 2.04. The van der Waals surface area contributed by atoms with E-state index in [1.165, 1.54) is 6.07 Å². The molecule has 2 aromatic rings. The van der Waals surface area contributed by atoms with Crippen molar-refractivity contribution in [1.29, 1.82) is 0 Å². The summed E-state index contributed by atoms with van der Waals surface area (Å²) in [4.78, 5) is 4.19. The van der Waals surface area contributed by atoms with Crippen LogP contribution in [0.4, 0.5) is 8.78 Å². The molecule has 0 aliphatic heterocycles. The molecule has 1 saturated carbocycles. The predicted octanol–water partition coefficient (Wildman–Crippen LogP) is 4.29. The molecular weight excluding hydrogens is 292 g/mol. The average molecular weight is 309 g/mol. The number of aryl methyl sites for hydroxylation is 1. The minimum Gasteiger partial charge on any atom is -0.489 e. The summed E-state index contributed by atoms with van der Waals surface area (Å²) < 4.78 is 40.7. The zero-order valence-electron chi connectivity index (χ0n) is 12.2. The van der Waals surface area contributed by atoms with Crippen molar-refractivity contribution in [2.45, 2.75) is 32.8 Å². The quantitative estimate of drug-likeness (QED) is 0.765. The van der Waals surface area contributed by atoms with Crippen LogP contribution in [0.15, 0.2) is 28.8 Å². The Morgan fingerprint density at radius 3 is 2.77 bits per heavy atom. The number of nitrogens with zero attached hydrogens (tertiary/aromatic N) is 1. The van der Waals surface area contributed by atoms with Gasteiger partial charge in [0, 0.05) is 12.0 Å². The Balaban J connectivity index is 1.85. The number of aromatic nitrogens is 1. The molecule has 3 rings (SSSR count). The van der Waals surface area contributed by atoms with Gasteiger partial charge in [0.1, 0.15) is 5.76 Å². The maximum atomic E-state index is 12.5. The Labute approximate surface area is 127 Å². The summed E-state index contributed by atoms with van der Waals surface area (Å²) >= 11 is 0. The first-order valence-corrected chi connectivity index (χ1v) is 7.32. The number of oxazole rings is 1. The van der Waals surface area contributed by atoms with Gasteiger partial charge in [-0.25, -0.2) is 4.98 Å². The summed E-state index contributed by atoms with van der Waals surface area (Å²) in [5.74, 6) is 2.04. The highest BCUT2D eigenvalue weighted by molar-refractivity contribution is 5.60. The van der Waals surface area contributed by atoms with Crippen LogP contribution in [0.5, 0.6) is 11.5 Å². The van der Waals surface area contributed by atoms with Crippen molar-refractivity contribution in [3.05, 3.63) is 30.2 Å². The molecule has 1 heterocycles. The molecule has 0 unspecified atom stereocenters. The topological polar surface area (TPSA) is 44.5 Å². The van der Waals surface area contributed by atoms with Crippen molar-refractivity contribution in [2.75, 3.05) is 6.61 Å². The summed E-state index contributed by atoms with van der Waals surface area (Å²) in [5, 5.41) is 0. The largest absolute Gasteiger partial charge is 0.489 e. The van der Waals surface area contributed by atoms with Crippen LogP contribution < -0.4 is 9.47 Å². The Morgan fingerprint density at radius 1 is 1.32 bits per heavy atom. The van der Waals surface area contributed by atoms with Crippen molar-refractivity contribution < 1.29 is 22.7 Å². The third-order valence-corrected chi connectivity index (χ3v) is 3.48. The molecule has 0 atom stereocenters. The third-order valence-electron chi connectivity index (χ3n) is 3.48. The van der Waals surface area contributed by atoms with Gasteiger partial charge in [-0.15, -0.1) is 0 Å². The zero-order valence-corrected chi connectivity index (χ0v) is 12.2. The van der Waals surface area contributed by atoms with Gasteiger partial charge in [0.15, 0.2) is 11.5 Å². The van der Waals surface area contributed by atoms with Gasteiger partial charge in [-0.1, -0.05) is 6.92 Å². The second kappa shape index (κ2) is 6.34. The highest BCUT2D eigenvalue weighted by atomic mass is 19.3. The second-order valence-electron chi connectivity index (χ2n) is 5.28. The van der Waals surface area contributed by atoms with E-state index in [0.717, 1.165) is 25.0 Å². The van der Waals surface area contributed by atoms with Gasteiger partial charge in [0.05, 0.1) is 12.8 Å². The molecule has 0 spiro atoms. The van der Waals surface area contributed by atoms with Gasteiger partial charge in [-0.2, -0.15) is 8.78 Å². The van der Waals surface area contributed by atoms with Crippen molar-refractivity contribution in [3.8, 4) is 23.0 Å². The molecule has 1 aliphatic carbocycles. The monoisotopic (exact) mass is 309 g/mol. The third kappa shape index (κ3) is 3.55. The van der Waals surface area contributed by atoms with Crippen molar-refractivity contribution in [2.24, 2.45) is 5.92 Å². The van der Waals surface area contributed by atoms with Crippen LogP contribution >= 0.6 is 0 Å². The van der Waals surface area contributed by atoms with Gasteiger partial charge in [0.25, 0.3) is 0 Å². The minimum atomic E-state index is -2.89. The van der Waals surface area contributed by atoms with E-state index in [4.69, 9.17) is 9.15 Å². The van der Waals surface area contributed by atoms with Crippen LogP contribution in [0.25, 0.3) is 11.5 Å². The van der Waals surface area contributed by atoms with E-state index in [1.54, 1.807) is 18.3 Å². The molecular formula is C16H17F2NO3. The van der Waals surface area contributed by atoms with Gasteiger partial charge in [-0.3, -0.25) is 0 Å². The van der Waals surface area contributed by atoms with Crippen molar-refractivity contribution in [1.82, 2.24) is 4.98 Å². The van der Waals surface area contributed by atoms with E-state index in [0.29, 0.717) is 29.7 Å². The van der Waals surface area contributed by atoms with E-state index in [9.17, 15) is 8.78 Å². The van der Waals surface area contributed by atoms with E-state index >= 15 is 0 Å². The molecule has 1 aromatic heterocycles. The molecule has 0 saturated heterocycles. The Morgan fingerprint density at radius 2 is 2.14 bits per heavy atom. The summed E-state index contributed by atoms with van der Waals surface area (Å²) in [6.07, 6.45) is 4.63. The van der Waals surface area contributed by atoms with Crippen LogP contribution in [0, 0.1) is 5.92 Å². The fourth-order valence-corrected chi connectivity index (χ4v) is 2.04. The van der Waals surface area contributed by atoms with Crippen LogP contribution in [-0.2, 0) is 6.42 Å². The molecule has 0 bridgehead atoms. The lowest BCUT2D eigenvalue weighted by Gasteiger charge is -2.12. The molecule has 1 fully saturated rings. The molecule has 22 heavy (non-hydrogen) atoms. The lowest BCUT2D eigenvalue weighted by atomic mass is 10.2. The Bertz CT molecular complexity index is 638. The highest BCUT2D eigenvalue weighted by Gasteiger charge is 2.23. The van der Waals surface area contributed by atoms with Crippen molar-refractivity contribution in [3.63, 3.8) is 0 Å². The Hall–Kier alpha value is -2.11. The number of ether oxygens (including phenoxy) is 2. The first kappa shape index (κ1) is 14.8. The molecule has 1 aromatic carbocycles. The lowest BCUT2D eigenvalue weighted by molar-refractivity contribution is -0.0515. The normalized spacial score (nSPS) is 14.4. The van der Waals surface area contributed by atoms with Crippen LogP contribution in [0.1, 0.15) is 25.5 Å². The number of alkyl halides is 2. The molecule has 0 radical (unpaired) electrons. The van der Waals surface area contributed by atoms with Gasteiger partial charge < -0.3 is 13.9 Å². The second-order valence-corrected chi connectivity index (χ2v) is 5.28. The Kier molecular flexibility index (Phi) is 4.27. The maximum Gasteiger partial charge on any atom is 0.387 e. The minimum absolute atomic E-state index is 0.0293. The number of rotatable bonds is 7. The predicted molar refractivity (Wildman–Crippen MR) is 76.2 cm³/mol. The molecule has 118 valence electrons. The van der Waals surface area contributed by atoms with E-state index in [1.807, 2.05) is 6.92 Å². The van der Waals surface area contributed by atoms with E-state index in [2.05, 4.69) is 9.72 Å². The van der Waals surface area contributed by atoms with Crippen LogP contribution in [0.2, 0.25) is 0 Å².